The summed E-state index contributed by atoms with van der Waals surface area (Å²) in [5.41, 5.74) is 0.994. The molecule has 1 saturated carbocycles. The highest BCUT2D eigenvalue weighted by molar-refractivity contribution is 5.35. The topological polar surface area (TPSA) is 47.0 Å². The summed E-state index contributed by atoms with van der Waals surface area (Å²) in [5, 5.41) is 3.41. The second-order valence-corrected chi connectivity index (χ2v) is 4.06. The molecule has 1 aromatic rings. The third-order valence-electron chi connectivity index (χ3n) is 2.87. The maximum atomic E-state index is 5.33. The normalized spacial score (nSPS) is 25.5. The molecular formula is C11H17N3O. The first-order valence-electron chi connectivity index (χ1n) is 5.36. The Kier molecular flexibility index (Phi) is 3.16. The molecule has 0 bridgehead atoms. The van der Waals surface area contributed by atoms with E-state index in [0.717, 1.165) is 30.8 Å². The number of aromatic nitrogens is 2. The first kappa shape index (κ1) is 10.4. The number of hydrogen-bond donors (Lipinski definition) is 1. The summed E-state index contributed by atoms with van der Waals surface area (Å²) in [6.07, 6.45) is 5.37. The van der Waals surface area contributed by atoms with Crippen LogP contribution in [0.1, 0.15) is 25.0 Å². The van der Waals surface area contributed by atoms with E-state index in [4.69, 9.17) is 4.74 Å². The van der Waals surface area contributed by atoms with Gasteiger partial charge in [0.15, 0.2) is 0 Å². The number of aryl methyl sites for hydroxylation is 1. The van der Waals surface area contributed by atoms with Crippen molar-refractivity contribution in [3.8, 4) is 0 Å². The maximum Gasteiger partial charge on any atom is 0.129 e. The molecule has 0 radical (unpaired) electrons. The molecule has 0 saturated heterocycles. The second kappa shape index (κ2) is 4.57. The Bertz CT molecular complexity index is 329. The molecule has 2 unspecified atom stereocenters. The highest BCUT2D eigenvalue weighted by Gasteiger charge is 2.24. The van der Waals surface area contributed by atoms with Crippen molar-refractivity contribution in [3.63, 3.8) is 0 Å². The van der Waals surface area contributed by atoms with Gasteiger partial charge >= 0.3 is 0 Å². The number of nitrogens with one attached hydrogen (secondary N) is 1. The molecule has 0 spiro atoms. The Morgan fingerprint density at radius 1 is 1.40 bits per heavy atom. The van der Waals surface area contributed by atoms with E-state index in [1.54, 1.807) is 13.4 Å². The van der Waals surface area contributed by atoms with Gasteiger partial charge in [-0.25, -0.2) is 9.97 Å². The summed E-state index contributed by atoms with van der Waals surface area (Å²) in [5.74, 6) is 0.921. The molecule has 1 aliphatic carbocycles. The molecule has 15 heavy (non-hydrogen) atoms. The van der Waals surface area contributed by atoms with E-state index in [9.17, 15) is 0 Å². The molecular weight excluding hydrogens is 190 g/mol. The van der Waals surface area contributed by atoms with E-state index in [2.05, 4.69) is 15.3 Å². The van der Waals surface area contributed by atoms with E-state index in [1.807, 2.05) is 13.0 Å². The van der Waals surface area contributed by atoms with Crippen molar-refractivity contribution in [3.05, 3.63) is 18.1 Å². The zero-order valence-electron chi connectivity index (χ0n) is 9.23. The Morgan fingerprint density at radius 3 is 2.93 bits per heavy atom. The minimum absolute atomic E-state index is 0.408. The van der Waals surface area contributed by atoms with Gasteiger partial charge in [0, 0.05) is 24.9 Å². The lowest BCUT2D eigenvalue weighted by Crippen LogP contribution is -2.18. The van der Waals surface area contributed by atoms with Crippen LogP contribution in [0.25, 0.3) is 0 Å². The number of nitrogens with zero attached hydrogens (tertiary/aromatic N) is 2. The number of hydrogen-bond acceptors (Lipinski definition) is 4. The molecule has 4 heteroatoms. The molecule has 0 aromatic carbocycles. The van der Waals surface area contributed by atoms with Crippen LogP contribution in [0.2, 0.25) is 0 Å². The number of rotatable bonds is 3. The molecule has 2 rings (SSSR count). The van der Waals surface area contributed by atoms with Crippen LogP contribution in [0.3, 0.4) is 0 Å². The first-order chi connectivity index (χ1) is 7.28. The molecule has 0 aliphatic heterocycles. The van der Waals surface area contributed by atoms with Gasteiger partial charge < -0.3 is 10.1 Å². The molecule has 1 N–H and O–H groups in total. The Balaban J connectivity index is 1.92. The third-order valence-corrected chi connectivity index (χ3v) is 2.87. The van der Waals surface area contributed by atoms with Crippen molar-refractivity contribution >= 4 is 5.82 Å². The Hall–Kier alpha value is -1.16. The van der Waals surface area contributed by atoms with Gasteiger partial charge in [-0.15, -0.1) is 0 Å². The van der Waals surface area contributed by atoms with Crippen molar-refractivity contribution < 1.29 is 4.74 Å². The maximum absolute atomic E-state index is 5.33. The predicted molar refractivity (Wildman–Crippen MR) is 58.8 cm³/mol. The largest absolute Gasteiger partial charge is 0.381 e. The fourth-order valence-corrected chi connectivity index (χ4v) is 2.03. The summed E-state index contributed by atoms with van der Waals surface area (Å²) in [7, 11) is 1.78. The second-order valence-electron chi connectivity index (χ2n) is 4.06. The van der Waals surface area contributed by atoms with E-state index in [0.29, 0.717) is 12.1 Å². The van der Waals surface area contributed by atoms with E-state index >= 15 is 0 Å². The minimum Gasteiger partial charge on any atom is -0.381 e. The molecule has 4 nitrogen and oxygen atoms in total. The van der Waals surface area contributed by atoms with E-state index < -0.39 is 0 Å². The first-order valence-corrected chi connectivity index (χ1v) is 5.36. The lowest BCUT2D eigenvalue weighted by molar-refractivity contribution is 0.108. The third kappa shape index (κ3) is 2.65. The fraction of sp³-hybridized carbons (Fsp3) is 0.636. The van der Waals surface area contributed by atoms with Gasteiger partial charge in [-0.1, -0.05) is 0 Å². The van der Waals surface area contributed by atoms with Crippen LogP contribution < -0.4 is 5.32 Å². The van der Waals surface area contributed by atoms with Gasteiger partial charge in [0.25, 0.3) is 0 Å². The Morgan fingerprint density at radius 2 is 2.27 bits per heavy atom. The van der Waals surface area contributed by atoms with Gasteiger partial charge in [0.1, 0.15) is 12.1 Å². The van der Waals surface area contributed by atoms with Crippen molar-refractivity contribution in [2.75, 3.05) is 12.4 Å². The van der Waals surface area contributed by atoms with Crippen LogP contribution in [0.15, 0.2) is 12.4 Å². The van der Waals surface area contributed by atoms with Crippen molar-refractivity contribution in [1.82, 2.24) is 9.97 Å². The summed E-state index contributed by atoms with van der Waals surface area (Å²) in [6.45, 7) is 1.97. The Labute approximate surface area is 90.1 Å². The van der Waals surface area contributed by atoms with Crippen LogP contribution in [-0.2, 0) is 4.74 Å². The van der Waals surface area contributed by atoms with Crippen LogP contribution in [0.5, 0.6) is 0 Å². The standard InChI is InChI=1S/C11H17N3O/c1-8-5-11(13-7-12-8)14-9-3-4-10(6-9)15-2/h5,7,9-10H,3-4,6H2,1-2H3,(H,12,13,14). The van der Waals surface area contributed by atoms with Gasteiger partial charge in [0.05, 0.1) is 6.10 Å². The van der Waals surface area contributed by atoms with Crippen LogP contribution >= 0.6 is 0 Å². The zero-order valence-corrected chi connectivity index (χ0v) is 9.23. The smallest absolute Gasteiger partial charge is 0.129 e. The zero-order chi connectivity index (χ0) is 10.7. The molecule has 1 aliphatic rings. The molecule has 82 valence electrons. The molecule has 1 fully saturated rings. The molecule has 2 atom stereocenters. The van der Waals surface area contributed by atoms with Crippen LogP contribution in [0, 0.1) is 6.92 Å². The summed E-state index contributed by atoms with van der Waals surface area (Å²) in [4.78, 5) is 8.26. The highest BCUT2D eigenvalue weighted by Crippen LogP contribution is 2.24. The van der Waals surface area contributed by atoms with E-state index in [1.165, 1.54) is 0 Å². The van der Waals surface area contributed by atoms with Crippen LogP contribution in [0.4, 0.5) is 5.82 Å². The predicted octanol–water partition coefficient (Wildman–Crippen LogP) is 1.76. The quantitative estimate of drug-likeness (QED) is 0.820. The molecule has 1 heterocycles. The fourth-order valence-electron chi connectivity index (χ4n) is 2.03. The highest BCUT2D eigenvalue weighted by atomic mass is 16.5. The van der Waals surface area contributed by atoms with Crippen molar-refractivity contribution in [2.45, 2.75) is 38.3 Å². The summed E-state index contributed by atoms with van der Waals surface area (Å²) in [6, 6.07) is 2.46. The lowest BCUT2D eigenvalue weighted by atomic mass is 10.2. The van der Waals surface area contributed by atoms with Crippen molar-refractivity contribution in [2.24, 2.45) is 0 Å². The number of methoxy groups -OCH3 is 1. The SMILES string of the molecule is COC1CCC(Nc2cc(C)ncn2)C1. The molecule has 0 amide bonds. The number of anilines is 1. The van der Waals surface area contributed by atoms with Crippen LogP contribution in [-0.4, -0.2) is 29.2 Å². The lowest BCUT2D eigenvalue weighted by Gasteiger charge is -2.13. The summed E-state index contributed by atoms with van der Waals surface area (Å²) < 4.78 is 5.33. The van der Waals surface area contributed by atoms with Gasteiger partial charge in [-0.05, 0) is 26.2 Å². The van der Waals surface area contributed by atoms with Gasteiger partial charge in [0.2, 0.25) is 0 Å². The van der Waals surface area contributed by atoms with Crippen molar-refractivity contribution in [1.29, 1.82) is 0 Å². The average Bonchev–Trinajstić information content (AvgIpc) is 2.65. The monoisotopic (exact) mass is 207 g/mol. The molecule has 1 aromatic heterocycles. The minimum atomic E-state index is 0.408. The van der Waals surface area contributed by atoms with Gasteiger partial charge in [-0.2, -0.15) is 0 Å². The van der Waals surface area contributed by atoms with Gasteiger partial charge in [-0.3, -0.25) is 0 Å². The van der Waals surface area contributed by atoms with E-state index in [-0.39, 0.29) is 0 Å². The summed E-state index contributed by atoms with van der Waals surface area (Å²) >= 11 is 0. The average molecular weight is 207 g/mol. The number of ether oxygens (including phenoxy) is 1.